The zero-order chi connectivity index (χ0) is 45.7. The van der Waals surface area contributed by atoms with Gasteiger partial charge in [0.05, 0.1) is 24.8 Å². The number of oxime groups is 1. The Morgan fingerprint density at radius 2 is 1.62 bits per heavy atom. The van der Waals surface area contributed by atoms with Crippen molar-refractivity contribution in [3.63, 3.8) is 0 Å². The van der Waals surface area contributed by atoms with Crippen LogP contribution in [0.4, 0.5) is 9.59 Å². The molecule has 0 bridgehead atoms. The maximum absolute atomic E-state index is 14.3. The molecule has 12 heteroatoms. The van der Waals surface area contributed by atoms with Crippen LogP contribution in [0.5, 0.6) is 11.5 Å². The SMILES string of the molecule is C=CCOC12Oc3ccc(OC(=O)NCCCCCCCCCCCC)cc3C3C(CCCCO)C(CCCCO)C=C(C(=NOCC)CC1N(CCC)C(=O)OCC(C)(C)C)C32. The summed E-state index contributed by atoms with van der Waals surface area (Å²) in [5.74, 6) is -0.971. The molecule has 4 rings (SSSR count). The number of hydrogen-bond acceptors (Lipinski definition) is 10. The molecular weight excluding hydrogens is 799 g/mol. The molecule has 3 N–H and O–H groups in total. The molecule has 0 aromatic heterocycles. The van der Waals surface area contributed by atoms with E-state index < -0.39 is 29.9 Å². The van der Waals surface area contributed by atoms with Crippen LogP contribution in [0.2, 0.25) is 0 Å². The standard InChI is InChI=1S/C51H83N3O9/c1-8-12-13-14-15-16-17-18-19-22-29-52-48(57)62-39-27-28-44-42(35-39)46-40(26-21-24-32-56)38(25-20-23-31-55)34-41-43(53-61-11-4)36-45(51(63-44,47(41)46)60-33-10-3)54(30-9-2)49(58)59-37-50(5,6)7/h10,27-28,34-35,38,40,45-47,55-56H,3,8-9,11-26,29-33,36-37H2,1-2,4-7H3,(H,52,57). The number of rotatable bonds is 29. The fraction of sp³-hybridized carbons (Fsp3) is 0.745. The van der Waals surface area contributed by atoms with Crippen molar-refractivity contribution in [2.75, 3.05) is 46.1 Å². The highest BCUT2D eigenvalue weighted by atomic mass is 16.7. The van der Waals surface area contributed by atoms with Crippen LogP contribution >= 0.6 is 0 Å². The summed E-state index contributed by atoms with van der Waals surface area (Å²) in [7, 11) is 0. The van der Waals surface area contributed by atoms with Gasteiger partial charge in [-0.2, -0.15) is 0 Å². The van der Waals surface area contributed by atoms with Gasteiger partial charge in [-0.3, -0.25) is 4.90 Å². The molecule has 1 heterocycles. The van der Waals surface area contributed by atoms with Gasteiger partial charge in [0.25, 0.3) is 0 Å². The zero-order valence-electron chi connectivity index (χ0n) is 39.8. The van der Waals surface area contributed by atoms with E-state index in [2.05, 4.69) is 24.9 Å². The van der Waals surface area contributed by atoms with E-state index in [1.807, 2.05) is 46.8 Å². The van der Waals surface area contributed by atoms with Crippen LogP contribution in [0.1, 0.15) is 169 Å². The van der Waals surface area contributed by atoms with Gasteiger partial charge in [-0.25, -0.2) is 9.59 Å². The van der Waals surface area contributed by atoms with Gasteiger partial charge in [0.15, 0.2) is 0 Å². The summed E-state index contributed by atoms with van der Waals surface area (Å²) < 4.78 is 26.3. The monoisotopic (exact) mass is 882 g/mol. The molecule has 0 saturated heterocycles. The normalized spacial score (nSPS) is 23.2. The van der Waals surface area contributed by atoms with E-state index in [-0.39, 0.29) is 49.6 Å². The number of nitrogens with zero attached hydrogens (tertiary/aromatic N) is 2. The Bertz CT molecular complexity index is 1610. The maximum atomic E-state index is 14.3. The summed E-state index contributed by atoms with van der Waals surface area (Å²) in [4.78, 5) is 35.2. The zero-order valence-corrected chi connectivity index (χ0v) is 39.8. The molecule has 12 nitrogen and oxygen atoms in total. The first-order chi connectivity index (χ1) is 30.5. The number of hydrogen-bond donors (Lipinski definition) is 3. The topological polar surface area (TPSA) is 148 Å². The summed E-state index contributed by atoms with van der Waals surface area (Å²) in [5, 5.41) is 27.5. The number of fused-ring (bicyclic) bond motifs is 2. The third-order valence-corrected chi connectivity index (χ3v) is 12.7. The summed E-state index contributed by atoms with van der Waals surface area (Å²) in [6.07, 6.45) is 20.8. The Kier molecular flexibility index (Phi) is 22.3. The number of ether oxygens (including phenoxy) is 4. The van der Waals surface area contributed by atoms with Crippen LogP contribution in [0.3, 0.4) is 0 Å². The van der Waals surface area contributed by atoms with Gasteiger partial charge >= 0.3 is 12.2 Å². The van der Waals surface area contributed by atoms with Gasteiger partial charge in [-0.15, -0.1) is 6.58 Å². The lowest BCUT2D eigenvalue weighted by Crippen LogP contribution is -2.70. The molecule has 1 aromatic rings. The lowest BCUT2D eigenvalue weighted by molar-refractivity contribution is -0.255. The van der Waals surface area contributed by atoms with Gasteiger partial charge in [-0.05, 0) is 86.5 Å². The minimum atomic E-state index is -1.39. The van der Waals surface area contributed by atoms with E-state index in [9.17, 15) is 19.8 Å². The fourth-order valence-corrected chi connectivity index (χ4v) is 9.78. The Hall–Kier alpha value is -3.61. The third-order valence-electron chi connectivity index (χ3n) is 12.7. The van der Waals surface area contributed by atoms with E-state index in [1.54, 1.807) is 17.0 Å². The average molecular weight is 882 g/mol. The molecule has 0 spiro atoms. The van der Waals surface area contributed by atoms with Crippen LogP contribution in [-0.4, -0.2) is 91.0 Å². The van der Waals surface area contributed by atoms with Crippen molar-refractivity contribution in [2.24, 2.45) is 28.3 Å². The van der Waals surface area contributed by atoms with Crippen LogP contribution in [0, 0.1) is 23.2 Å². The summed E-state index contributed by atoms with van der Waals surface area (Å²) >= 11 is 0. The molecule has 2 aliphatic carbocycles. The second kappa shape index (κ2) is 27.0. The summed E-state index contributed by atoms with van der Waals surface area (Å²) in [6.45, 7) is 18.2. The Balaban J connectivity index is 1.77. The number of benzene rings is 1. The van der Waals surface area contributed by atoms with Crippen molar-refractivity contribution in [2.45, 2.75) is 175 Å². The number of aliphatic hydroxyl groups is 2. The number of amides is 2. The Morgan fingerprint density at radius 1 is 0.937 bits per heavy atom. The minimum Gasteiger partial charge on any atom is -0.459 e. The molecular formula is C51H83N3O9. The number of allylic oxidation sites excluding steroid dienone is 1. The molecule has 356 valence electrons. The predicted molar refractivity (Wildman–Crippen MR) is 250 cm³/mol. The van der Waals surface area contributed by atoms with Crippen molar-refractivity contribution in [3.8, 4) is 11.5 Å². The molecule has 0 radical (unpaired) electrons. The van der Waals surface area contributed by atoms with Gasteiger partial charge in [0.2, 0.25) is 5.79 Å². The van der Waals surface area contributed by atoms with E-state index in [4.69, 9.17) is 28.9 Å². The number of carbonyl (C=O) groups is 2. The van der Waals surface area contributed by atoms with Crippen molar-refractivity contribution in [1.82, 2.24) is 10.2 Å². The van der Waals surface area contributed by atoms with Gasteiger partial charge in [0, 0.05) is 44.2 Å². The van der Waals surface area contributed by atoms with E-state index >= 15 is 0 Å². The number of aliphatic hydroxyl groups excluding tert-OH is 2. The lowest BCUT2D eigenvalue weighted by atomic mass is 9.55. The highest BCUT2D eigenvalue weighted by molar-refractivity contribution is 6.03. The molecule has 63 heavy (non-hydrogen) atoms. The molecule has 1 fully saturated rings. The second-order valence-electron chi connectivity index (χ2n) is 19.0. The average Bonchev–Trinajstić information content (AvgIpc) is 3.26. The van der Waals surface area contributed by atoms with Crippen LogP contribution < -0.4 is 14.8 Å². The van der Waals surface area contributed by atoms with Crippen molar-refractivity contribution in [1.29, 1.82) is 0 Å². The lowest BCUT2D eigenvalue weighted by Gasteiger charge is -2.60. The quantitative estimate of drug-likeness (QED) is 0.0406. The van der Waals surface area contributed by atoms with Gasteiger partial charge < -0.3 is 39.3 Å². The minimum absolute atomic E-state index is 0.0401. The fourth-order valence-electron chi connectivity index (χ4n) is 9.78. The molecule has 2 amide bonds. The third kappa shape index (κ3) is 15.0. The van der Waals surface area contributed by atoms with Crippen LogP contribution in [-0.2, 0) is 14.3 Å². The smallest absolute Gasteiger partial charge is 0.412 e. The van der Waals surface area contributed by atoms with Crippen LogP contribution in [0.15, 0.2) is 47.7 Å². The molecule has 3 aliphatic rings. The van der Waals surface area contributed by atoms with E-state index in [0.717, 1.165) is 55.4 Å². The Labute approximate surface area is 379 Å². The maximum Gasteiger partial charge on any atom is 0.412 e. The predicted octanol–water partition coefficient (Wildman–Crippen LogP) is 11.2. The number of nitrogens with one attached hydrogen (secondary N) is 1. The highest BCUT2D eigenvalue weighted by Crippen LogP contribution is 2.62. The summed E-state index contributed by atoms with van der Waals surface area (Å²) in [6, 6.07) is 4.90. The second-order valence-corrected chi connectivity index (χ2v) is 19.0. The van der Waals surface area contributed by atoms with E-state index in [0.29, 0.717) is 56.9 Å². The van der Waals surface area contributed by atoms with Crippen molar-refractivity contribution >= 4 is 17.9 Å². The van der Waals surface area contributed by atoms with Crippen molar-refractivity contribution < 1.29 is 43.6 Å². The molecule has 6 unspecified atom stereocenters. The van der Waals surface area contributed by atoms with Gasteiger partial charge in [0.1, 0.15) is 24.1 Å². The first-order valence-electron chi connectivity index (χ1n) is 24.6. The Morgan fingerprint density at radius 3 is 2.25 bits per heavy atom. The molecule has 1 aromatic carbocycles. The molecule has 1 saturated carbocycles. The molecule has 6 atom stereocenters. The number of unbranched alkanes of at least 4 members (excludes halogenated alkanes) is 11. The van der Waals surface area contributed by atoms with E-state index in [1.165, 1.54) is 51.4 Å². The highest BCUT2D eigenvalue weighted by Gasteiger charge is 2.65. The molecule has 1 aliphatic heterocycles. The van der Waals surface area contributed by atoms with Crippen molar-refractivity contribution in [3.05, 3.63) is 48.1 Å². The van der Waals surface area contributed by atoms with Crippen LogP contribution in [0.25, 0.3) is 0 Å². The first kappa shape index (κ1) is 52.0. The number of carbonyl (C=O) groups excluding carboxylic acids is 2. The largest absolute Gasteiger partial charge is 0.459 e. The van der Waals surface area contributed by atoms with Gasteiger partial charge in [-0.1, -0.05) is 123 Å². The summed E-state index contributed by atoms with van der Waals surface area (Å²) in [5.41, 5.74) is 2.32. The first-order valence-corrected chi connectivity index (χ1v) is 24.6.